The van der Waals surface area contributed by atoms with Crippen molar-refractivity contribution in [1.29, 1.82) is 0 Å². The van der Waals surface area contributed by atoms with E-state index in [4.69, 9.17) is 14.3 Å². The lowest BCUT2D eigenvalue weighted by atomic mass is 9.98. The van der Waals surface area contributed by atoms with Crippen LogP contribution in [0.4, 0.5) is 0 Å². The Balaban J connectivity index is 1.63. The Kier molecular flexibility index (Phi) is 5.61. The Labute approximate surface area is 119 Å². The zero-order chi connectivity index (χ0) is 14.4. The molecule has 1 aliphatic rings. The van der Waals surface area contributed by atoms with Crippen LogP contribution in [0.25, 0.3) is 0 Å². The van der Waals surface area contributed by atoms with E-state index in [0.29, 0.717) is 30.6 Å². The predicted molar refractivity (Wildman–Crippen MR) is 74.9 cm³/mol. The number of ether oxygens (including phenoxy) is 1. The van der Waals surface area contributed by atoms with Crippen molar-refractivity contribution >= 4 is 5.97 Å². The van der Waals surface area contributed by atoms with Crippen LogP contribution in [0.1, 0.15) is 54.0 Å². The van der Waals surface area contributed by atoms with Crippen LogP contribution in [0.15, 0.2) is 10.5 Å². The Morgan fingerprint density at radius 2 is 2.20 bits per heavy atom. The highest BCUT2D eigenvalue weighted by Crippen LogP contribution is 2.20. The lowest BCUT2D eigenvalue weighted by Crippen LogP contribution is -2.24. The molecule has 1 aromatic heterocycles. The van der Waals surface area contributed by atoms with Gasteiger partial charge in [-0.25, -0.2) is 4.79 Å². The number of hydrogen-bond acceptors (Lipinski definition) is 4. The molecule has 1 fully saturated rings. The lowest BCUT2D eigenvalue weighted by Gasteiger charge is -2.21. The molecule has 0 saturated heterocycles. The number of rotatable bonds is 7. The average molecular weight is 281 g/mol. The van der Waals surface area contributed by atoms with Gasteiger partial charge in [-0.2, -0.15) is 0 Å². The first-order chi connectivity index (χ1) is 9.66. The highest BCUT2D eigenvalue weighted by atomic mass is 16.5. The molecule has 5 heteroatoms. The Morgan fingerprint density at radius 1 is 1.45 bits per heavy atom. The molecule has 0 aromatic carbocycles. The standard InChI is InChI=1S/C15H23NO4/c1-11-9-13(20-14(11)15(17)18)10-16-7-8-19-12-5-3-2-4-6-12/h9,12,16H,2-8,10H2,1H3,(H,17,18). The molecule has 2 rings (SSSR count). The molecule has 0 atom stereocenters. The van der Waals surface area contributed by atoms with Gasteiger partial charge in [-0.1, -0.05) is 19.3 Å². The first-order valence-corrected chi connectivity index (χ1v) is 7.31. The highest BCUT2D eigenvalue weighted by Gasteiger charge is 2.14. The molecule has 0 unspecified atom stereocenters. The summed E-state index contributed by atoms with van der Waals surface area (Å²) in [5.74, 6) is -0.341. The molecule has 112 valence electrons. The van der Waals surface area contributed by atoms with Crippen molar-refractivity contribution in [2.75, 3.05) is 13.2 Å². The number of hydrogen-bond donors (Lipinski definition) is 2. The summed E-state index contributed by atoms with van der Waals surface area (Å²) in [6.45, 7) is 3.71. The van der Waals surface area contributed by atoms with E-state index in [1.165, 1.54) is 32.1 Å². The SMILES string of the molecule is Cc1cc(CNCCOC2CCCCC2)oc1C(=O)O. The van der Waals surface area contributed by atoms with Crippen LogP contribution < -0.4 is 5.32 Å². The van der Waals surface area contributed by atoms with E-state index in [1.54, 1.807) is 13.0 Å². The number of nitrogens with one attached hydrogen (secondary N) is 1. The van der Waals surface area contributed by atoms with E-state index in [9.17, 15) is 4.79 Å². The Hall–Kier alpha value is -1.33. The van der Waals surface area contributed by atoms with Crippen LogP contribution in [0.5, 0.6) is 0 Å². The summed E-state index contributed by atoms with van der Waals surface area (Å²) in [6, 6.07) is 1.76. The lowest BCUT2D eigenvalue weighted by molar-refractivity contribution is 0.0300. The maximum Gasteiger partial charge on any atom is 0.372 e. The maximum absolute atomic E-state index is 10.9. The van der Waals surface area contributed by atoms with Crippen LogP contribution in [0.2, 0.25) is 0 Å². The second-order valence-corrected chi connectivity index (χ2v) is 5.34. The molecule has 0 aliphatic heterocycles. The van der Waals surface area contributed by atoms with E-state index in [0.717, 1.165) is 6.54 Å². The topological polar surface area (TPSA) is 71.7 Å². The van der Waals surface area contributed by atoms with E-state index < -0.39 is 5.97 Å². The summed E-state index contributed by atoms with van der Waals surface area (Å²) in [6.07, 6.45) is 6.68. The fourth-order valence-electron chi connectivity index (χ4n) is 2.59. The monoisotopic (exact) mass is 281 g/mol. The van der Waals surface area contributed by atoms with Gasteiger partial charge in [0.25, 0.3) is 0 Å². The minimum atomic E-state index is -1.02. The third-order valence-corrected chi connectivity index (χ3v) is 3.65. The van der Waals surface area contributed by atoms with Gasteiger partial charge < -0.3 is 19.6 Å². The molecule has 0 radical (unpaired) electrons. The fourth-order valence-corrected chi connectivity index (χ4v) is 2.59. The molecule has 1 saturated carbocycles. The summed E-state index contributed by atoms with van der Waals surface area (Å²) in [5, 5.41) is 12.1. The zero-order valence-electron chi connectivity index (χ0n) is 12.0. The van der Waals surface area contributed by atoms with Gasteiger partial charge in [-0.3, -0.25) is 0 Å². The smallest absolute Gasteiger partial charge is 0.372 e. The molecular weight excluding hydrogens is 258 g/mol. The third-order valence-electron chi connectivity index (χ3n) is 3.65. The highest BCUT2D eigenvalue weighted by molar-refractivity contribution is 5.86. The third kappa shape index (κ3) is 4.35. The minimum absolute atomic E-state index is 0.0280. The van der Waals surface area contributed by atoms with Crippen molar-refractivity contribution in [2.24, 2.45) is 0 Å². The molecule has 0 bridgehead atoms. The van der Waals surface area contributed by atoms with Gasteiger partial charge in [-0.05, 0) is 25.8 Å². The molecule has 2 N–H and O–H groups in total. The van der Waals surface area contributed by atoms with Crippen molar-refractivity contribution in [3.8, 4) is 0 Å². The van der Waals surface area contributed by atoms with Gasteiger partial charge in [0.2, 0.25) is 5.76 Å². The minimum Gasteiger partial charge on any atom is -0.475 e. The first kappa shape index (κ1) is 15.1. The average Bonchev–Trinajstić information content (AvgIpc) is 2.81. The van der Waals surface area contributed by atoms with Crippen molar-refractivity contribution in [1.82, 2.24) is 5.32 Å². The van der Waals surface area contributed by atoms with Crippen molar-refractivity contribution < 1.29 is 19.1 Å². The van der Waals surface area contributed by atoms with Crippen LogP contribution >= 0.6 is 0 Å². The Bertz CT molecular complexity index is 435. The second kappa shape index (κ2) is 7.45. The molecular formula is C15H23NO4. The maximum atomic E-state index is 10.9. The summed E-state index contributed by atoms with van der Waals surface area (Å²) in [4.78, 5) is 10.9. The zero-order valence-corrected chi connectivity index (χ0v) is 12.0. The van der Waals surface area contributed by atoms with E-state index in [-0.39, 0.29) is 5.76 Å². The van der Waals surface area contributed by atoms with Gasteiger partial charge in [0.05, 0.1) is 19.3 Å². The summed E-state index contributed by atoms with van der Waals surface area (Å²) in [7, 11) is 0. The predicted octanol–water partition coefficient (Wildman–Crippen LogP) is 2.73. The number of carboxylic acids is 1. The van der Waals surface area contributed by atoms with E-state index in [1.807, 2.05) is 0 Å². The molecule has 1 aromatic rings. The van der Waals surface area contributed by atoms with Gasteiger partial charge in [-0.15, -0.1) is 0 Å². The van der Waals surface area contributed by atoms with Crippen molar-refractivity contribution in [3.05, 3.63) is 23.2 Å². The van der Waals surface area contributed by atoms with Crippen LogP contribution in [-0.4, -0.2) is 30.3 Å². The van der Waals surface area contributed by atoms with Crippen molar-refractivity contribution in [3.63, 3.8) is 0 Å². The summed E-state index contributed by atoms with van der Waals surface area (Å²) in [5.41, 5.74) is 0.660. The largest absolute Gasteiger partial charge is 0.475 e. The number of carboxylic acid groups (broad SMARTS) is 1. The van der Waals surface area contributed by atoms with Crippen LogP contribution in [0, 0.1) is 6.92 Å². The first-order valence-electron chi connectivity index (χ1n) is 7.31. The molecule has 1 aliphatic carbocycles. The molecule has 1 heterocycles. The van der Waals surface area contributed by atoms with Crippen LogP contribution in [0.3, 0.4) is 0 Å². The quantitative estimate of drug-likeness (QED) is 0.752. The van der Waals surface area contributed by atoms with Gasteiger partial charge in [0, 0.05) is 12.1 Å². The fraction of sp³-hybridized carbons (Fsp3) is 0.667. The van der Waals surface area contributed by atoms with E-state index in [2.05, 4.69) is 5.32 Å². The number of carbonyl (C=O) groups is 1. The van der Waals surface area contributed by atoms with Gasteiger partial charge in [0.15, 0.2) is 0 Å². The molecule has 20 heavy (non-hydrogen) atoms. The van der Waals surface area contributed by atoms with Crippen LogP contribution in [-0.2, 0) is 11.3 Å². The van der Waals surface area contributed by atoms with Crippen molar-refractivity contribution in [2.45, 2.75) is 51.7 Å². The normalized spacial score (nSPS) is 16.4. The molecule has 5 nitrogen and oxygen atoms in total. The Morgan fingerprint density at radius 3 is 2.85 bits per heavy atom. The number of aryl methyl sites for hydroxylation is 1. The summed E-state index contributed by atoms with van der Waals surface area (Å²) < 4.78 is 11.1. The van der Waals surface area contributed by atoms with Gasteiger partial charge in [0.1, 0.15) is 5.76 Å². The number of furan rings is 1. The van der Waals surface area contributed by atoms with Gasteiger partial charge >= 0.3 is 5.97 Å². The second-order valence-electron chi connectivity index (χ2n) is 5.34. The molecule has 0 amide bonds. The molecule has 0 spiro atoms. The summed E-state index contributed by atoms with van der Waals surface area (Å²) >= 11 is 0. The van der Waals surface area contributed by atoms with E-state index >= 15 is 0 Å². The number of aromatic carboxylic acids is 1.